The van der Waals surface area contributed by atoms with Gasteiger partial charge in [-0.3, -0.25) is 4.98 Å². The van der Waals surface area contributed by atoms with Crippen LogP contribution < -0.4 is 5.73 Å². The fraction of sp³-hybridized carbons (Fsp3) is 0.0435. The summed E-state index contributed by atoms with van der Waals surface area (Å²) in [5.74, 6) is 0.488. The van der Waals surface area contributed by atoms with E-state index in [-0.39, 0.29) is 0 Å². The van der Waals surface area contributed by atoms with E-state index in [4.69, 9.17) is 22.3 Å². The third-order valence-electron chi connectivity index (χ3n) is 5.21. The zero-order chi connectivity index (χ0) is 19.8. The summed E-state index contributed by atoms with van der Waals surface area (Å²) in [7, 11) is 0. The number of fused-ring (bicyclic) bond motifs is 1. The van der Waals surface area contributed by atoms with Crippen LogP contribution in [0.5, 0.6) is 0 Å². The molecule has 1 aliphatic heterocycles. The lowest BCUT2D eigenvalue weighted by molar-refractivity contribution is 0.670. The number of aliphatic imine (C=N–C) groups is 1. The zero-order valence-corrected chi connectivity index (χ0v) is 16.1. The summed E-state index contributed by atoms with van der Waals surface area (Å²) in [6, 6.07) is 17.8. The quantitative estimate of drug-likeness (QED) is 0.562. The van der Waals surface area contributed by atoms with Crippen LogP contribution in [-0.2, 0) is 5.54 Å². The molecule has 0 radical (unpaired) electrons. The Bertz CT molecular complexity index is 1220. The van der Waals surface area contributed by atoms with Crippen LogP contribution in [0.2, 0.25) is 5.02 Å². The molecule has 2 N–H and O–H groups in total. The maximum atomic E-state index is 6.38. The number of pyridine rings is 1. The van der Waals surface area contributed by atoms with Gasteiger partial charge in [-0.15, -0.1) is 0 Å². The molecule has 0 bridgehead atoms. The lowest BCUT2D eigenvalue weighted by atomic mass is 9.77. The highest BCUT2D eigenvalue weighted by Crippen LogP contribution is 2.47. The molecule has 4 aromatic rings. The number of nitrogens with two attached hydrogens (primary N) is 1. The van der Waals surface area contributed by atoms with Gasteiger partial charge in [-0.25, -0.2) is 15.0 Å². The maximum Gasteiger partial charge on any atom is 0.139 e. The van der Waals surface area contributed by atoms with Gasteiger partial charge in [0.1, 0.15) is 17.7 Å². The van der Waals surface area contributed by atoms with E-state index in [9.17, 15) is 0 Å². The first-order chi connectivity index (χ1) is 14.2. The Hall–Kier alpha value is -3.57. The molecule has 5 rings (SSSR count). The number of rotatable bonds is 3. The minimum absolute atomic E-state index is 0.488. The number of hydrogen-bond donors (Lipinski definition) is 1. The Morgan fingerprint density at radius 3 is 2.38 bits per heavy atom. The molecule has 0 amide bonds. The first-order valence-electron chi connectivity index (χ1n) is 9.10. The molecule has 5 nitrogen and oxygen atoms in total. The smallest absolute Gasteiger partial charge is 0.139 e. The standard InChI is InChI=1S/C23H16ClN5/c24-19-4-5-20-21(11-19)23(29-22(20)25,17-6-8-26-9-7-17)18-3-1-2-15(10-18)16-12-27-14-28-13-16/h1-14H,(H2,25,29)/t23-/m0/s1. The van der Waals surface area contributed by atoms with Crippen LogP contribution in [0.3, 0.4) is 0 Å². The van der Waals surface area contributed by atoms with Gasteiger partial charge in [0.25, 0.3) is 0 Å². The molecule has 140 valence electrons. The van der Waals surface area contributed by atoms with Crippen LogP contribution in [-0.4, -0.2) is 20.8 Å². The number of hydrogen-bond acceptors (Lipinski definition) is 5. The third-order valence-corrected chi connectivity index (χ3v) is 5.44. The monoisotopic (exact) mass is 397 g/mol. The summed E-state index contributed by atoms with van der Waals surface area (Å²) < 4.78 is 0. The van der Waals surface area contributed by atoms with E-state index in [1.165, 1.54) is 6.33 Å². The second-order valence-electron chi connectivity index (χ2n) is 6.84. The predicted molar refractivity (Wildman–Crippen MR) is 114 cm³/mol. The van der Waals surface area contributed by atoms with Gasteiger partial charge in [0, 0.05) is 46.5 Å². The van der Waals surface area contributed by atoms with E-state index in [1.54, 1.807) is 24.8 Å². The third kappa shape index (κ3) is 2.79. The van der Waals surface area contributed by atoms with Gasteiger partial charge < -0.3 is 5.73 Å². The van der Waals surface area contributed by atoms with Crippen molar-refractivity contribution in [2.75, 3.05) is 0 Å². The van der Waals surface area contributed by atoms with E-state index in [0.29, 0.717) is 10.9 Å². The van der Waals surface area contributed by atoms with Gasteiger partial charge in [0.05, 0.1) is 0 Å². The van der Waals surface area contributed by atoms with E-state index < -0.39 is 5.54 Å². The highest BCUT2D eigenvalue weighted by molar-refractivity contribution is 6.30. The largest absolute Gasteiger partial charge is 0.383 e. The minimum atomic E-state index is -0.807. The van der Waals surface area contributed by atoms with Crippen LogP contribution >= 0.6 is 11.6 Å². The van der Waals surface area contributed by atoms with Crippen molar-refractivity contribution < 1.29 is 0 Å². The summed E-state index contributed by atoms with van der Waals surface area (Å²) in [5, 5.41) is 0.639. The van der Waals surface area contributed by atoms with Crippen LogP contribution in [0.1, 0.15) is 22.3 Å². The van der Waals surface area contributed by atoms with Crippen molar-refractivity contribution in [2.24, 2.45) is 10.7 Å². The zero-order valence-electron chi connectivity index (χ0n) is 15.3. The average Bonchev–Trinajstić information content (AvgIpc) is 3.08. The molecule has 0 saturated carbocycles. The fourth-order valence-corrected chi connectivity index (χ4v) is 4.08. The number of halogens is 1. The Kier molecular flexibility index (Phi) is 4.11. The second kappa shape index (κ2) is 6.79. The molecular weight excluding hydrogens is 382 g/mol. The summed E-state index contributed by atoms with van der Waals surface area (Å²) in [5.41, 5.74) is 11.3. The van der Waals surface area contributed by atoms with Crippen LogP contribution in [0.4, 0.5) is 0 Å². The number of benzene rings is 2. The summed E-state index contributed by atoms with van der Waals surface area (Å²) in [6.45, 7) is 0. The first-order valence-corrected chi connectivity index (χ1v) is 9.48. The Labute approximate surface area is 173 Å². The predicted octanol–water partition coefficient (Wildman–Crippen LogP) is 4.20. The molecule has 3 heterocycles. The van der Waals surface area contributed by atoms with Crippen LogP contribution in [0.25, 0.3) is 11.1 Å². The highest BCUT2D eigenvalue weighted by atomic mass is 35.5. The molecule has 0 fully saturated rings. The van der Waals surface area contributed by atoms with Gasteiger partial charge in [-0.2, -0.15) is 0 Å². The summed E-state index contributed by atoms with van der Waals surface area (Å²) in [6.07, 6.45) is 8.64. The Balaban J connectivity index is 1.81. The molecule has 1 atom stereocenters. The Morgan fingerprint density at radius 2 is 1.59 bits per heavy atom. The summed E-state index contributed by atoms with van der Waals surface area (Å²) >= 11 is 6.38. The molecule has 1 aliphatic rings. The fourth-order valence-electron chi connectivity index (χ4n) is 3.91. The van der Waals surface area contributed by atoms with Crippen molar-refractivity contribution in [1.82, 2.24) is 15.0 Å². The maximum absolute atomic E-state index is 6.38. The van der Waals surface area contributed by atoms with Crippen LogP contribution in [0, 0.1) is 0 Å². The molecule has 29 heavy (non-hydrogen) atoms. The highest BCUT2D eigenvalue weighted by Gasteiger charge is 2.43. The van der Waals surface area contributed by atoms with E-state index >= 15 is 0 Å². The second-order valence-corrected chi connectivity index (χ2v) is 7.28. The van der Waals surface area contributed by atoms with Crippen molar-refractivity contribution >= 4 is 17.4 Å². The van der Waals surface area contributed by atoms with Crippen molar-refractivity contribution in [1.29, 1.82) is 0 Å². The Morgan fingerprint density at radius 1 is 0.793 bits per heavy atom. The van der Waals surface area contributed by atoms with Crippen molar-refractivity contribution in [3.05, 3.63) is 113 Å². The van der Waals surface area contributed by atoms with Gasteiger partial charge >= 0.3 is 0 Å². The van der Waals surface area contributed by atoms with Gasteiger partial charge in [0.15, 0.2) is 0 Å². The topological polar surface area (TPSA) is 77.0 Å². The number of nitrogens with zero attached hydrogens (tertiary/aromatic N) is 4. The number of aromatic nitrogens is 3. The molecule has 2 aromatic carbocycles. The van der Waals surface area contributed by atoms with Crippen LogP contribution in [0.15, 0.2) is 90.7 Å². The molecule has 0 unspecified atom stereocenters. The molecule has 0 aliphatic carbocycles. The molecular formula is C23H16ClN5. The summed E-state index contributed by atoms with van der Waals surface area (Å²) in [4.78, 5) is 17.4. The van der Waals surface area contributed by atoms with Gasteiger partial charge in [-0.05, 0) is 53.1 Å². The molecule has 0 saturated heterocycles. The SMILES string of the molecule is NC1=N[C@@](c2ccncc2)(c2cccc(-c3cncnc3)c2)c2cc(Cl)ccc21. The van der Waals surface area contributed by atoms with Gasteiger partial charge in [0.2, 0.25) is 0 Å². The van der Waals surface area contributed by atoms with Gasteiger partial charge in [-0.1, -0.05) is 29.8 Å². The van der Waals surface area contributed by atoms with E-state index in [2.05, 4.69) is 27.1 Å². The average molecular weight is 398 g/mol. The normalized spacial score (nSPS) is 17.6. The van der Waals surface area contributed by atoms with Crippen molar-refractivity contribution in [3.8, 4) is 11.1 Å². The molecule has 6 heteroatoms. The van der Waals surface area contributed by atoms with E-state index in [1.807, 2.05) is 42.5 Å². The van der Waals surface area contributed by atoms with E-state index in [0.717, 1.165) is 33.4 Å². The molecule has 2 aromatic heterocycles. The lowest BCUT2D eigenvalue weighted by Gasteiger charge is -2.29. The lowest BCUT2D eigenvalue weighted by Crippen LogP contribution is -2.25. The molecule has 0 spiro atoms. The van der Waals surface area contributed by atoms with Crippen molar-refractivity contribution in [3.63, 3.8) is 0 Å². The first kappa shape index (κ1) is 17.5. The number of amidine groups is 1. The minimum Gasteiger partial charge on any atom is -0.383 e. The van der Waals surface area contributed by atoms with Crippen molar-refractivity contribution in [2.45, 2.75) is 5.54 Å².